The summed E-state index contributed by atoms with van der Waals surface area (Å²) >= 11 is 0. The average Bonchev–Trinajstić information content (AvgIpc) is 2.71. The number of benzene rings is 2. The van der Waals surface area contributed by atoms with E-state index >= 15 is 0 Å². The Morgan fingerprint density at radius 3 is 2.39 bits per heavy atom. The van der Waals surface area contributed by atoms with E-state index in [1.807, 2.05) is 18.2 Å². The lowest BCUT2D eigenvalue weighted by atomic mass is 10.0. The zero-order valence-electron chi connectivity index (χ0n) is 16.2. The van der Waals surface area contributed by atoms with Gasteiger partial charge in [-0.05, 0) is 49.1 Å². The third-order valence-electron chi connectivity index (χ3n) is 5.24. The van der Waals surface area contributed by atoms with Crippen molar-refractivity contribution in [3.05, 3.63) is 65.7 Å². The highest BCUT2D eigenvalue weighted by atomic mass is 19.4. The zero-order valence-corrected chi connectivity index (χ0v) is 16.2. The van der Waals surface area contributed by atoms with Crippen LogP contribution in [-0.4, -0.2) is 37.9 Å². The van der Waals surface area contributed by atoms with E-state index in [-0.39, 0.29) is 6.17 Å². The largest absolute Gasteiger partial charge is 0.416 e. The molecule has 28 heavy (non-hydrogen) atoms. The Hall–Kier alpha value is -2.05. The number of halogens is 3. The lowest BCUT2D eigenvalue weighted by Crippen LogP contribution is -2.51. The SMILES string of the molecule is COCCN1CCCCC1N(Cc1ccccc1)c1ccc(C(F)(F)F)cc1. The first-order valence-electron chi connectivity index (χ1n) is 9.70. The van der Waals surface area contributed by atoms with Crippen LogP contribution in [0.4, 0.5) is 18.9 Å². The van der Waals surface area contributed by atoms with E-state index in [0.29, 0.717) is 13.2 Å². The van der Waals surface area contributed by atoms with Gasteiger partial charge in [-0.15, -0.1) is 0 Å². The summed E-state index contributed by atoms with van der Waals surface area (Å²) in [5, 5.41) is 0. The van der Waals surface area contributed by atoms with Gasteiger partial charge in [0.1, 0.15) is 0 Å². The van der Waals surface area contributed by atoms with Gasteiger partial charge in [-0.3, -0.25) is 4.90 Å². The Kier molecular flexibility index (Phi) is 6.97. The molecule has 1 unspecified atom stereocenters. The number of piperidine rings is 1. The van der Waals surface area contributed by atoms with Gasteiger partial charge in [0.25, 0.3) is 0 Å². The Labute approximate surface area is 164 Å². The summed E-state index contributed by atoms with van der Waals surface area (Å²) in [6.07, 6.45) is -0.955. The smallest absolute Gasteiger partial charge is 0.383 e. The van der Waals surface area contributed by atoms with Crippen molar-refractivity contribution in [1.82, 2.24) is 4.90 Å². The highest BCUT2D eigenvalue weighted by molar-refractivity contribution is 5.49. The van der Waals surface area contributed by atoms with Gasteiger partial charge in [-0.25, -0.2) is 0 Å². The van der Waals surface area contributed by atoms with Crippen molar-refractivity contribution in [3.63, 3.8) is 0 Å². The number of rotatable bonds is 7. The van der Waals surface area contributed by atoms with Crippen LogP contribution >= 0.6 is 0 Å². The number of hydrogen-bond acceptors (Lipinski definition) is 3. The molecule has 2 aromatic rings. The van der Waals surface area contributed by atoms with Gasteiger partial charge in [-0.1, -0.05) is 30.3 Å². The van der Waals surface area contributed by atoms with Crippen molar-refractivity contribution in [2.45, 2.75) is 38.1 Å². The summed E-state index contributed by atoms with van der Waals surface area (Å²) in [6.45, 7) is 3.08. The van der Waals surface area contributed by atoms with Crippen LogP contribution in [0.2, 0.25) is 0 Å². The van der Waals surface area contributed by atoms with Gasteiger partial charge in [0, 0.05) is 32.4 Å². The van der Waals surface area contributed by atoms with Gasteiger partial charge >= 0.3 is 6.18 Å². The maximum atomic E-state index is 13.0. The molecule has 0 aliphatic carbocycles. The molecule has 3 rings (SSSR count). The monoisotopic (exact) mass is 392 g/mol. The third-order valence-corrected chi connectivity index (χ3v) is 5.24. The molecule has 1 atom stereocenters. The molecule has 3 nitrogen and oxygen atoms in total. The molecular weight excluding hydrogens is 365 g/mol. The topological polar surface area (TPSA) is 15.7 Å². The normalized spacial score (nSPS) is 18.2. The first-order valence-corrected chi connectivity index (χ1v) is 9.70. The van der Waals surface area contributed by atoms with Gasteiger partial charge < -0.3 is 9.64 Å². The predicted octanol–water partition coefficient (Wildman–Crippen LogP) is 5.17. The van der Waals surface area contributed by atoms with Crippen LogP contribution in [-0.2, 0) is 17.5 Å². The fourth-order valence-corrected chi connectivity index (χ4v) is 3.79. The number of anilines is 1. The van der Waals surface area contributed by atoms with Gasteiger partial charge in [0.2, 0.25) is 0 Å². The second kappa shape index (κ2) is 9.43. The van der Waals surface area contributed by atoms with Crippen LogP contribution < -0.4 is 4.90 Å². The molecule has 0 N–H and O–H groups in total. The number of ether oxygens (including phenoxy) is 1. The molecule has 0 spiro atoms. The van der Waals surface area contributed by atoms with Crippen LogP contribution in [0.5, 0.6) is 0 Å². The zero-order chi connectivity index (χ0) is 20.0. The molecule has 0 bridgehead atoms. The molecule has 0 aromatic heterocycles. The number of alkyl halides is 3. The molecule has 0 radical (unpaired) electrons. The summed E-state index contributed by atoms with van der Waals surface area (Å²) in [5.41, 5.74) is 1.33. The molecule has 152 valence electrons. The van der Waals surface area contributed by atoms with Crippen LogP contribution in [0.3, 0.4) is 0 Å². The van der Waals surface area contributed by atoms with E-state index in [0.717, 1.165) is 43.6 Å². The predicted molar refractivity (Wildman–Crippen MR) is 105 cm³/mol. The number of methoxy groups -OCH3 is 1. The molecule has 1 fully saturated rings. The van der Waals surface area contributed by atoms with E-state index < -0.39 is 11.7 Å². The minimum absolute atomic E-state index is 0.140. The second-order valence-corrected chi connectivity index (χ2v) is 7.16. The molecular formula is C22H27F3N2O. The summed E-state index contributed by atoms with van der Waals surface area (Å²) in [7, 11) is 1.69. The molecule has 2 aromatic carbocycles. The number of likely N-dealkylation sites (tertiary alicyclic amines) is 1. The molecule has 0 saturated carbocycles. The lowest BCUT2D eigenvalue weighted by molar-refractivity contribution is -0.137. The number of hydrogen-bond donors (Lipinski definition) is 0. The summed E-state index contributed by atoms with van der Waals surface area (Å²) < 4.78 is 44.2. The quantitative estimate of drug-likeness (QED) is 0.647. The van der Waals surface area contributed by atoms with Gasteiger partial charge in [-0.2, -0.15) is 13.2 Å². The third kappa shape index (κ3) is 5.26. The highest BCUT2D eigenvalue weighted by Crippen LogP contribution is 2.33. The Morgan fingerprint density at radius 2 is 1.75 bits per heavy atom. The first-order chi connectivity index (χ1) is 13.5. The Morgan fingerprint density at radius 1 is 1.04 bits per heavy atom. The minimum Gasteiger partial charge on any atom is -0.383 e. The van der Waals surface area contributed by atoms with Crippen molar-refractivity contribution in [2.24, 2.45) is 0 Å². The van der Waals surface area contributed by atoms with Crippen LogP contribution in [0, 0.1) is 0 Å². The van der Waals surface area contributed by atoms with Crippen LogP contribution in [0.1, 0.15) is 30.4 Å². The molecule has 6 heteroatoms. The van der Waals surface area contributed by atoms with E-state index in [2.05, 4.69) is 21.9 Å². The molecule has 1 aliphatic heterocycles. The maximum Gasteiger partial charge on any atom is 0.416 e. The van der Waals surface area contributed by atoms with Crippen molar-refractivity contribution in [3.8, 4) is 0 Å². The standard InChI is InChI=1S/C22H27F3N2O/c1-28-16-15-26-14-6-5-9-21(26)27(17-18-7-3-2-4-8-18)20-12-10-19(11-13-20)22(23,24)25/h2-4,7-8,10-13,21H,5-6,9,14-17H2,1H3. The van der Waals surface area contributed by atoms with Crippen molar-refractivity contribution < 1.29 is 17.9 Å². The van der Waals surface area contributed by atoms with Crippen molar-refractivity contribution >= 4 is 5.69 Å². The lowest BCUT2D eigenvalue weighted by Gasteiger charge is -2.44. The molecule has 1 saturated heterocycles. The summed E-state index contributed by atoms with van der Waals surface area (Å²) in [6, 6.07) is 15.6. The van der Waals surface area contributed by atoms with E-state index in [4.69, 9.17) is 4.74 Å². The highest BCUT2D eigenvalue weighted by Gasteiger charge is 2.32. The summed E-state index contributed by atoms with van der Waals surface area (Å²) in [5.74, 6) is 0. The molecule has 0 amide bonds. The molecule has 1 aliphatic rings. The van der Waals surface area contributed by atoms with Gasteiger partial charge in [0.05, 0.1) is 18.3 Å². The van der Waals surface area contributed by atoms with E-state index in [1.54, 1.807) is 19.2 Å². The summed E-state index contributed by atoms with van der Waals surface area (Å²) in [4.78, 5) is 4.61. The van der Waals surface area contributed by atoms with Crippen molar-refractivity contribution in [2.75, 3.05) is 31.7 Å². The van der Waals surface area contributed by atoms with Gasteiger partial charge in [0.15, 0.2) is 0 Å². The fraction of sp³-hybridized carbons (Fsp3) is 0.455. The Balaban J connectivity index is 1.90. The molecule has 1 heterocycles. The number of nitrogens with zero attached hydrogens (tertiary/aromatic N) is 2. The van der Waals surface area contributed by atoms with Crippen LogP contribution in [0.25, 0.3) is 0 Å². The second-order valence-electron chi connectivity index (χ2n) is 7.16. The fourth-order valence-electron chi connectivity index (χ4n) is 3.79. The Bertz CT molecular complexity index is 719. The van der Waals surface area contributed by atoms with Crippen molar-refractivity contribution in [1.29, 1.82) is 0 Å². The maximum absolute atomic E-state index is 13.0. The average molecular weight is 392 g/mol. The van der Waals surface area contributed by atoms with E-state index in [9.17, 15) is 13.2 Å². The van der Waals surface area contributed by atoms with Crippen LogP contribution in [0.15, 0.2) is 54.6 Å². The van der Waals surface area contributed by atoms with E-state index in [1.165, 1.54) is 12.1 Å². The first kappa shape index (κ1) is 20.7. The minimum atomic E-state index is -4.32.